The molecule has 1 unspecified atom stereocenters. The second kappa shape index (κ2) is 7.91. The summed E-state index contributed by atoms with van der Waals surface area (Å²) in [5, 5.41) is 9.53. The van der Waals surface area contributed by atoms with Gasteiger partial charge in [0.15, 0.2) is 0 Å². The van der Waals surface area contributed by atoms with E-state index < -0.39 is 0 Å². The fourth-order valence-corrected chi connectivity index (χ4v) is 4.75. The van der Waals surface area contributed by atoms with E-state index in [4.69, 9.17) is 23.2 Å². The molecule has 0 saturated carbocycles. The van der Waals surface area contributed by atoms with Crippen molar-refractivity contribution in [3.05, 3.63) is 74.3 Å². The van der Waals surface area contributed by atoms with Crippen molar-refractivity contribution in [2.75, 3.05) is 0 Å². The van der Waals surface area contributed by atoms with Gasteiger partial charge >= 0.3 is 0 Å². The molecule has 3 rings (SSSR count). The third kappa shape index (κ3) is 4.00. The van der Waals surface area contributed by atoms with Crippen LogP contribution in [0.4, 0.5) is 0 Å². The quantitative estimate of drug-likeness (QED) is 0.599. The molecule has 4 nitrogen and oxygen atoms in total. The SMILES string of the molecule is Cc1n[nH]c(Sc2cc(Cl)cc(Cl)c2)c1C(C(C)C)n1ccccc1=O. The average Bonchev–Trinajstić information content (AvgIpc) is 2.89. The topological polar surface area (TPSA) is 50.7 Å². The number of nitrogens with one attached hydrogen (secondary N) is 1. The van der Waals surface area contributed by atoms with Crippen LogP contribution in [0, 0.1) is 12.8 Å². The van der Waals surface area contributed by atoms with Gasteiger partial charge in [0.05, 0.1) is 11.7 Å². The number of halogens is 2. The van der Waals surface area contributed by atoms with Crippen molar-refractivity contribution in [1.82, 2.24) is 14.8 Å². The van der Waals surface area contributed by atoms with Crippen LogP contribution >= 0.6 is 35.0 Å². The number of aryl methyl sites for hydroxylation is 1. The zero-order valence-electron chi connectivity index (χ0n) is 14.7. The lowest BCUT2D eigenvalue weighted by Crippen LogP contribution is -2.28. The van der Waals surface area contributed by atoms with Crippen LogP contribution in [0.5, 0.6) is 0 Å². The van der Waals surface area contributed by atoms with Gasteiger partial charge in [0.1, 0.15) is 5.03 Å². The van der Waals surface area contributed by atoms with Crippen LogP contribution in [0.3, 0.4) is 0 Å². The number of H-pyrrole nitrogens is 1. The molecule has 0 amide bonds. The van der Waals surface area contributed by atoms with Crippen LogP contribution in [0.1, 0.15) is 31.1 Å². The normalized spacial score (nSPS) is 12.5. The number of benzene rings is 1. The van der Waals surface area contributed by atoms with Gasteiger partial charge in [0, 0.05) is 32.8 Å². The van der Waals surface area contributed by atoms with E-state index >= 15 is 0 Å². The molecule has 2 heterocycles. The van der Waals surface area contributed by atoms with Crippen molar-refractivity contribution < 1.29 is 0 Å². The zero-order chi connectivity index (χ0) is 18.8. The van der Waals surface area contributed by atoms with Crippen LogP contribution < -0.4 is 5.56 Å². The highest BCUT2D eigenvalue weighted by Crippen LogP contribution is 2.38. The molecule has 2 aromatic heterocycles. The molecule has 0 fully saturated rings. The van der Waals surface area contributed by atoms with Crippen LogP contribution in [0.2, 0.25) is 10.0 Å². The third-order valence-electron chi connectivity index (χ3n) is 4.09. The van der Waals surface area contributed by atoms with Crippen LogP contribution in [0.25, 0.3) is 0 Å². The first-order valence-corrected chi connectivity index (χ1v) is 9.80. The van der Waals surface area contributed by atoms with Gasteiger partial charge in [-0.1, -0.05) is 54.9 Å². The van der Waals surface area contributed by atoms with Crippen molar-refractivity contribution in [1.29, 1.82) is 0 Å². The summed E-state index contributed by atoms with van der Waals surface area (Å²) in [7, 11) is 0. The van der Waals surface area contributed by atoms with Gasteiger partial charge < -0.3 is 4.57 Å². The smallest absolute Gasteiger partial charge is 0.251 e. The summed E-state index contributed by atoms with van der Waals surface area (Å²) in [4.78, 5) is 13.3. The molecule has 26 heavy (non-hydrogen) atoms. The average molecular weight is 408 g/mol. The largest absolute Gasteiger partial charge is 0.308 e. The molecule has 3 aromatic rings. The predicted octanol–water partition coefficient (Wildman–Crippen LogP) is 5.58. The van der Waals surface area contributed by atoms with Crippen molar-refractivity contribution in [2.24, 2.45) is 5.92 Å². The summed E-state index contributed by atoms with van der Waals surface area (Å²) in [6.45, 7) is 6.15. The van der Waals surface area contributed by atoms with E-state index in [1.807, 2.05) is 31.3 Å². The summed E-state index contributed by atoms with van der Waals surface area (Å²) in [6, 6.07) is 10.5. The Hall–Kier alpha value is -1.69. The first-order valence-electron chi connectivity index (χ1n) is 8.22. The number of aromatic nitrogens is 3. The second-order valence-corrected chi connectivity index (χ2v) is 8.35. The van der Waals surface area contributed by atoms with Gasteiger partial charge in [-0.3, -0.25) is 9.89 Å². The Bertz CT molecular complexity index is 961. The number of nitrogens with zero attached hydrogens (tertiary/aromatic N) is 2. The van der Waals surface area contributed by atoms with Gasteiger partial charge in [-0.2, -0.15) is 5.10 Å². The lowest BCUT2D eigenvalue weighted by Gasteiger charge is -2.24. The van der Waals surface area contributed by atoms with E-state index in [1.54, 1.807) is 22.8 Å². The molecule has 0 spiro atoms. The molecular weight excluding hydrogens is 389 g/mol. The lowest BCUT2D eigenvalue weighted by atomic mass is 9.96. The number of pyridine rings is 1. The van der Waals surface area contributed by atoms with E-state index in [1.165, 1.54) is 11.8 Å². The molecule has 1 N–H and O–H groups in total. The fraction of sp³-hybridized carbons (Fsp3) is 0.263. The minimum Gasteiger partial charge on any atom is -0.308 e. The van der Waals surface area contributed by atoms with E-state index in [-0.39, 0.29) is 17.5 Å². The van der Waals surface area contributed by atoms with Gasteiger partial charge in [-0.05, 0) is 37.1 Å². The maximum Gasteiger partial charge on any atom is 0.251 e. The maximum absolute atomic E-state index is 12.4. The van der Waals surface area contributed by atoms with Crippen molar-refractivity contribution >= 4 is 35.0 Å². The molecule has 0 radical (unpaired) electrons. The summed E-state index contributed by atoms with van der Waals surface area (Å²) >= 11 is 13.8. The summed E-state index contributed by atoms with van der Waals surface area (Å²) in [5.41, 5.74) is 1.85. The van der Waals surface area contributed by atoms with Crippen molar-refractivity contribution in [3.63, 3.8) is 0 Å². The first-order chi connectivity index (χ1) is 12.4. The van der Waals surface area contributed by atoms with Crippen LogP contribution in [0.15, 0.2) is 57.3 Å². The Kier molecular flexibility index (Phi) is 5.80. The highest BCUT2D eigenvalue weighted by molar-refractivity contribution is 7.99. The lowest BCUT2D eigenvalue weighted by molar-refractivity contribution is 0.419. The zero-order valence-corrected chi connectivity index (χ0v) is 17.0. The molecule has 0 aliphatic rings. The highest BCUT2D eigenvalue weighted by Gasteiger charge is 2.26. The molecule has 0 aliphatic heterocycles. The first kappa shape index (κ1) is 19.1. The number of hydrogen-bond donors (Lipinski definition) is 1. The maximum atomic E-state index is 12.4. The predicted molar refractivity (Wildman–Crippen MR) is 108 cm³/mol. The number of rotatable bonds is 5. The summed E-state index contributed by atoms with van der Waals surface area (Å²) in [5.74, 6) is 0.202. The summed E-state index contributed by atoms with van der Waals surface area (Å²) in [6.07, 6.45) is 1.82. The number of aromatic amines is 1. The van der Waals surface area contributed by atoms with Gasteiger partial charge in [-0.15, -0.1) is 0 Å². The standard InChI is InChI=1S/C19H19Cl2N3OS/c1-11(2)18(24-7-5-4-6-16(24)25)17-12(3)22-23-19(17)26-15-9-13(20)8-14(21)10-15/h4-11,18H,1-3H3,(H,22,23). The Labute approximate surface area is 166 Å². The highest BCUT2D eigenvalue weighted by atomic mass is 35.5. The van der Waals surface area contributed by atoms with Crippen molar-refractivity contribution in [2.45, 2.75) is 36.7 Å². The van der Waals surface area contributed by atoms with Gasteiger partial charge in [0.25, 0.3) is 5.56 Å². The Balaban J connectivity index is 2.08. The Morgan fingerprint density at radius 1 is 1.15 bits per heavy atom. The summed E-state index contributed by atoms with van der Waals surface area (Å²) < 4.78 is 1.76. The Morgan fingerprint density at radius 3 is 2.46 bits per heavy atom. The molecule has 1 aromatic carbocycles. The van der Waals surface area contributed by atoms with E-state index in [0.29, 0.717) is 10.0 Å². The van der Waals surface area contributed by atoms with Crippen LogP contribution in [-0.2, 0) is 0 Å². The van der Waals surface area contributed by atoms with Crippen LogP contribution in [-0.4, -0.2) is 14.8 Å². The minimum absolute atomic E-state index is 0.0337. The molecule has 0 saturated heterocycles. The monoisotopic (exact) mass is 407 g/mol. The van der Waals surface area contributed by atoms with Crippen molar-refractivity contribution in [3.8, 4) is 0 Å². The molecule has 0 bridgehead atoms. The van der Waals surface area contributed by atoms with E-state index in [0.717, 1.165) is 21.2 Å². The second-order valence-electron chi connectivity index (χ2n) is 6.39. The van der Waals surface area contributed by atoms with Gasteiger partial charge in [0.2, 0.25) is 0 Å². The van der Waals surface area contributed by atoms with E-state index in [2.05, 4.69) is 24.0 Å². The van der Waals surface area contributed by atoms with Gasteiger partial charge in [-0.25, -0.2) is 0 Å². The molecular formula is C19H19Cl2N3OS. The minimum atomic E-state index is -0.125. The molecule has 7 heteroatoms. The van der Waals surface area contributed by atoms with E-state index in [9.17, 15) is 4.79 Å². The Morgan fingerprint density at radius 2 is 1.85 bits per heavy atom. The molecule has 136 valence electrons. The molecule has 1 atom stereocenters. The fourth-order valence-electron chi connectivity index (χ4n) is 3.01. The molecule has 0 aliphatic carbocycles. The number of hydrogen-bond acceptors (Lipinski definition) is 3. The third-order valence-corrected chi connectivity index (χ3v) is 5.52.